The van der Waals surface area contributed by atoms with Gasteiger partial charge in [-0.15, -0.1) is 0 Å². The van der Waals surface area contributed by atoms with Gasteiger partial charge in [0.05, 0.1) is 4.92 Å². The highest BCUT2D eigenvalue weighted by Gasteiger charge is 2.34. The van der Waals surface area contributed by atoms with Crippen LogP contribution >= 0.6 is 0 Å². The van der Waals surface area contributed by atoms with Crippen molar-refractivity contribution in [2.24, 2.45) is 5.92 Å². The maximum absolute atomic E-state index is 11.5. The van der Waals surface area contributed by atoms with Crippen molar-refractivity contribution in [1.82, 2.24) is 4.98 Å². The zero-order chi connectivity index (χ0) is 15.6. The van der Waals surface area contributed by atoms with E-state index in [1.54, 1.807) is 11.8 Å². The molecule has 0 amide bonds. The van der Waals surface area contributed by atoms with E-state index in [4.69, 9.17) is 0 Å². The first kappa shape index (κ1) is 15.2. The maximum Gasteiger partial charge on any atom is 0.326 e. The van der Waals surface area contributed by atoms with Gasteiger partial charge in [0.1, 0.15) is 18.1 Å². The van der Waals surface area contributed by atoms with Gasteiger partial charge in [-0.1, -0.05) is 13.3 Å². The number of rotatable bonds is 4. The predicted octanol–water partition coefficient (Wildman–Crippen LogP) is 2.38. The van der Waals surface area contributed by atoms with Gasteiger partial charge in [-0.3, -0.25) is 10.1 Å². The predicted molar refractivity (Wildman–Crippen MR) is 77.4 cm³/mol. The van der Waals surface area contributed by atoms with Gasteiger partial charge in [0, 0.05) is 12.6 Å². The summed E-state index contributed by atoms with van der Waals surface area (Å²) in [6.07, 6.45) is 3.65. The third-order valence-electron chi connectivity index (χ3n) is 4.09. The summed E-state index contributed by atoms with van der Waals surface area (Å²) in [5.74, 6) is 0.0657. The zero-order valence-corrected chi connectivity index (χ0v) is 12.2. The van der Waals surface area contributed by atoms with Crippen molar-refractivity contribution in [3.8, 4) is 0 Å². The molecular formula is C14H19N3O4. The van der Waals surface area contributed by atoms with Crippen molar-refractivity contribution in [1.29, 1.82) is 0 Å². The van der Waals surface area contributed by atoms with Gasteiger partial charge in [-0.25, -0.2) is 9.78 Å². The molecule has 2 unspecified atom stereocenters. The Hall–Kier alpha value is -2.18. The summed E-state index contributed by atoms with van der Waals surface area (Å²) in [5, 5.41) is 20.2. The fourth-order valence-electron chi connectivity index (χ4n) is 2.85. The summed E-state index contributed by atoms with van der Waals surface area (Å²) in [7, 11) is 0. The Bertz CT molecular complexity index is 561. The van der Waals surface area contributed by atoms with Gasteiger partial charge in [0.25, 0.3) is 5.69 Å². The second kappa shape index (κ2) is 6.07. The van der Waals surface area contributed by atoms with Crippen molar-refractivity contribution in [3.05, 3.63) is 27.9 Å². The summed E-state index contributed by atoms with van der Waals surface area (Å²) in [6.45, 7) is 4.40. The van der Waals surface area contributed by atoms with Crippen LogP contribution in [-0.4, -0.2) is 33.6 Å². The smallest absolute Gasteiger partial charge is 0.326 e. The number of aliphatic carboxylic acids is 1. The number of carboxylic acids is 1. The average molecular weight is 293 g/mol. The molecule has 0 saturated carbocycles. The molecule has 7 heteroatoms. The minimum atomic E-state index is -0.868. The number of nitro groups is 1. The number of nitrogens with zero attached hydrogens (tertiary/aromatic N) is 3. The second-order valence-corrected chi connectivity index (χ2v) is 5.44. The van der Waals surface area contributed by atoms with Crippen LogP contribution in [0.25, 0.3) is 0 Å². The normalized spacial score (nSPS) is 22.1. The fraction of sp³-hybridized carbons (Fsp3) is 0.571. The van der Waals surface area contributed by atoms with Crippen LogP contribution in [0.5, 0.6) is 0 Å². The molecule has 2 heterocycles. The largest absolute Gasteiger partial charge is 0.480 e. The van der Waals surface area contributed by atoms with E-state index in [9.17, 15) is 20.0 Å². The lowest BCUT2D eigenvalue weighted by Gasteiger charge is -2.38. The number of hydrogen-bond acceptors (Lipinski definition) is 5. The maximum atomic E-state index is 11.5. The number of carbonyl (C=O) groups is 1. The van der Waals surface area contributed by atoms with E-state index >= 15 is 0 Å². The second-order valence-electron chi connectivity index (χ2n) is 5.44. The number of anilines is 1. The number of carboxylic acid groups (broad SMARTS) is 1. The van der Waals surface area contributed by atoms with Gasteiger partial charge >= 0.3 is 5.97 Å². The number of pyridine rings is 1. The zero-order valence-electron chi connectivity index (χ0n) is 12.2. The van der Waals surface area contributed by atoms with E-state index in [-0.39, 0.29) is 5.69 Å². The van der Waals surface area contributed by atoms with Crippen molar-refractivity contribution < 1.29 is 14.8 Å². The minimum absolute atomic E-state index is 0.0773. The molecule has 21 heavy (non-hydrogen) atoms. The molecule has 1 aromatic heterocycles. The minimum Gasteiger partial charge on any atom is -0.480 e. The molecule has 0 spiro atoms. The standard InChI is InChI=1S/C14H19N3O4/c1-3-10-4-5-16(12(7-10)14(18)19)13-9(2)6-11(8-15-13)17(20)21/h6,8,10,12H,3-5,7H2,1-2H3,(H,18,19). The topological polar surface area (TPSA) is 96.6 Å². The summed E-state index contributed by atoms with van der Waals surface area (Å²) in [5.41, 5.74) is 0.553. The Labute approximate surface area is 122 Å². The Morgan fingerprint density at radius 1 is 1.62 bits per heavy atom. The molecule has 1 aliphatic heterocycles. The molecule has 1 aromatic rings. The van der Waals surface area contributed by atoms with Crippen molar-refractivity contribution >= 4 is 17.5 Å². The van der Waals surface area contributed by atoms with Gasteiger partial charge in [-0.05, 0) is 31.2 Å². The molecule has 0 aromatic carbocycles. The van der Waals surface area contributed by atoms with Gasteiger partial charge in [-0.2, -0.15) is 0 Å². The quantitative estimate of drug-likeness (QED) is 0.676. The lowest BCUT2D eigenvalue weighted by atomic mass is 9.88. The lowest BCUT2D eigenvalue weighted by Crippen LogP contribution is -2.48. The SMILES string of the molecule is CCC1CCN(c2ncc([N+](=O)[O-])cc2C)C(C(=O)O)C1. The molecule has 114 valence electrons. The van der Waals surface area contributed by atoms with Crippen LogP contribution in [0.3, 0.4) is 0 Å². The van der Waals surface area contributed by atoms with Crippen LogP contribution in [0.4, 0.5) is 11.5 Å². The molecule has 1 saturated heterocycles. The third-order valence-corrected chi connectivity index (χ3v) is 4.09. The van der Waals surface area contributed by atoms with Crippen LogP contribution < -0.4 is 4.90 Å². The molecule has 1 aliphatic rings. The van der Waals surface area contributed by atoms with Crippen molar-refractivity contribution in [2.75, 3.05) is 11.4 Å². The summed E-state index contributed by atoms with van der Waals surface area (Å²) < 4.78 is 0. The van der Waals surface area contributed by atoms with Crippen LogP contribution in [0, 0.1) is 23.0 Å². The van der Waals surface area contributed by atoms with Crippen LogP contribution in [-0.2, 0) is 4.79 Å². The fourth-order valence-corrected chi connectivity index (χ4v) is 2.85. The third kappa shape index (κ3) is 3.12. The monoisotopic (exact) mass is 293 g/mol. The first-order valence-corrected chi connectivity index (χ1v) is 7.04. The van der Waals surface area contributed by atoms with Crippen LogP contribution in [0.1, 0.15) is 31.7 Å². The average Bonchev–Trinajstić information content (AvgIpc) is 2.46. The highest BCUT2D eigenvalue weighted by atomic mass is 16.6. The van der Waals surface area contributed by atoms with Crippen LogP contribution in [0.15, 0.2) is 12.3 Å². The highest BCUT2D eigenvalue weighted by Crippen LogP contribution is 2.31. The summed E-state index contributed by atoms with van der Waals surface area (Å²) in [4.78, 5) is 27.6. The number of aromatic nitrogens is 1. The Balaban J connectivity index is 2.31. The van der Waals surface area contributed by atoms with Gasteiger partial charge < -0.3 is 10.0 Å². The molecule has 0 radical (unpaired) electrons. The number of aryl methyl sites for hydroxylation is 1. The van der Waals surface area contributed by atoms with Gasteiger partial charge in [0.15, 0.2) is 0 Å². The molecule has 0 aliphatic carbocycles. The number of piperidine rings is 1. The van der Waals surface area contributed by atoms with E-state index < -0.39 is 16.9 Å². The van der Waals surface area contributed by atoms with E-state index in [2.05, 4.69) is 11.9 Å². The van der Waals surface area contributed by atoms with Crippen LogP contribution in [0.2, 0.25) is 0 Å². The first-order valence-electron chi connectivity index (χ1n) is 7.04. The van der Waals surface area contributed by atoms with E-state index in [1.807, 2.05) is 0 Å². The van der Waals surface area contributed by atoms with E-state index in [0.717, 1.165) is 12.8 Å². The summed E-state index contributed by atoms with van der Waals surface area (Å²) in [6, 6.07) is 0.823. The molecular weight excluding hydrogens is 274 g/mol. The molecule has 2 atom stereocenters. The van der Waals surface area contributed by atoms with Crippen molar-refractivity contribution in [3.63, 3.8) is 0 Å². The molecule has 2 rings (SSSR count). The van der Waals surface area contributed by atoms with E-state index in [1.165, 1.54) is 12.3 Å². The summed E-state index contributed by atoms with van der Waals surface area (Å²) >= 11 is 0. The molecule has 0 bridgehead atoms. The molecule has 1 fully saturated rings. The molecule has 7 nitrogen and oxygen atoms in total. The Kier molecular flexibility index (Phi) is 4.40. The number of hydrogen-bond donors (Lipinski definition) is 1. The van der Waals surface area contributed by atoms with Gasteiger partial charge in [0.2, 0.25) is 0 Å². The lowest BCUT2D eigenvalue weighted by molar-refractivity contribution is -0.385. The highest BCUT2D eigenvalue weighted by molar-refractivity contribution is 5.78. The first-order chi connectivity index (χ1) is 9.93. The molecule has 1 N–H and O–H groups in total. The Morgan fingerprint density at radius 2 is 2.33 bits per heavy atom. The van der Waals surface area contributed by atoms with Crippen molar-refractivity contribution in [2.45, 2.75) is 39.2 Å². The van der Waals surface area contributed by atoms with E-state index in [0.29, 0.717) is 30.3 Å². The Morgan fingerprint density at radius 3 is 2.86 bits per heavy atom.